The molecule has 1 aromatic carbocycles. The number of nitro benzene ring substituents is 1. The maximum absolute atomic E-state index is 13.4. The van der Waals surface area contributed by atoms with Gasteiger partial charge in [-0.3, -0.25) is 14.9 Å². The normalized spacial score (nSPS) is 10.2. The van der Waals surface area contributed by atoms with Crippen molar-refractivity contribution in [2.24, 2.45) is 0 Å². The lowest BCUT2D eigenvalue weighted by molar-refractivity contribution is -0.385. The summed E-state index contributed by atoms with van der Waals surface area (Å²) in [7, 11) is 0. The summed E-state index contributed by atoms with van der Waals surface area (Å²) >= 11 is 2.99. The number of aromatic nitrogens is 1. The zero-order valence-corrected chi connectivity index (χ0v) is 11.7. The van der Waals surface area contributed by atoms with Crippen molar-refractivity contribution in [1.82, 2.24) is 4.98 Å². The van der Waals surface area contributed by atoms with Crippen molar-refractivity contribution in [3.05, 3.63) is 62.4 Å². The number of pyridine rings is 1. The summed E-state index contributed by atoms with van der Waals surface area (Å²) in [5, 5.41) is 13.0. The average molecular weight is 358 g/mol. The molecule has 0 radical (unpaired) electrons. The van der Waals surface area contributed by atoms with E-state index in [1.54, 1.807) is 0 Å². The lowest BCUT2D eigenvalue weighted by Crippen LogP contribution is -2.15. The maximum Gasteiger partial charge on any atom is 0.285 e. The first-order valence-electron chi connectivity index (χ1n) is 5.45. The number of benzene rings is 1. The van der Waals surface area contributed by atoms with E-state index in [4.69, 9.17) is 0 Å². The third-order valence-electron chi connectivity index (χ3n) is 2.49. The van der Waals surface area contributed by atoms with Crippen LogP contribution in [0.25, 0.3) is 0 Å². The highest BCUT2D eigenvalue weighted by atomic mass is 79.9. The van der Waals surface area contributed by atoms with Crippen molar-refractivity contribution in [1.29, 1.82) is 0 Å². The second kappa shape index (κ2) is 5.92. The van der Waals surface area contributed by atoms with Crippen LogP contribution in [0.4, 0.5) is 20.2 Å². The Morgan fingerprint density at radius 1 is 1.33 bits per heavy atom. The molecule has 1 amide bonds. The van der Waals surface area contributed by atoms with E-state index in [-0.39, 0.29) is 15.8 Å². The minimum Gasteiger partial charge on any atom is -0.322 e. The predicted octanol–water partition coefficient (Wildman–Crippen LogP) is 3.28. The fourth-order valence-electron chi connectivity index (χ4n) is 1.52. The quantitative estimate of drug-likeness (QED) is 0.518. The van der Waals surface area contributed by atoms with Crippen molar-refractivity contribution in [3.8, 4) is 0 Å². The number of nitrogens with zero attached hydrogens (tertiary/aromatic N) is 2. The first-order chi connectivity index (χ1) is 9.90. The summed E-state index contributed by atoms with van der Waals surface area (Å²) in [5.41, 5.74) is -0.742. The van der Waals surface area contributed by atoms with Crippen molar-refractivity contribution >= 4 is 33.2 Å². The van der Waals surface area contributed by atoms with Crippen LogP contribution in [0.3, 0.4) is 0 Å². The van der Waals surface area contributed by atoms with Gasteiger partial charge in [-0.25, -0.2) is 9.37 Å². The molecule has 0 bridgehead atoms. The molecule has 1 N–H and O–H groups in total. The third-order valence-corrected chi connectivity index (χ3v) is 3.16. The Labute approximate surface area is 125 Å². The van der Waals surface area contributed by atoms with E-state index in [2.05, 4.69) is 26.2 Å². The maximum atomic E-state index is 13.4. The summed E-state index contributed by atoms with van der Waals surface area (Å²) in [6.07, 6.45) is 0.942. The Morgan fingerprint density at radius 2 is 2.05 bits per heavy atom. The lowest BCUT2D eigenvalue weighted by Gasteiger charge is -2.06. The van der Waals surface area contributed by atoms with E-state index < -0.39 is 28.2 Å². The first kappa shape index (κ1) is 15.0. The summed E-state index contributed by atoms with van der Waals surface area (Å²) in [6, 6.07) is 4.83. The fraction of sp³-hybridized carbons (Fsp3) is 0. The van der Waals surface area contributed by atoms with Gasteiger partial charge in [0, 0.05) is 18.0 Å². The SMILES string of the molecule is O=C(Nc1ccc(Br)c([N+](=O)[O-])c1)c1ccnc(F)c1F. The average Bonchev–Trinajstić information content (AvgIpc) is 2.43. The van der Waals surface area contributed by atoms with Crippen LogP contribution in [0.2, 0.25) is 0 Å². The van der Waals surface area contributed by atoms with Gasteiger partial charge >= 0.3 is 0 Å². The lowest BCUT2D eigenvalue weighted by atomic mass is 10.2. The zero-order chi connectivity index (χ0) is 15.6. The zero-order valence-electron chi connectivity index (χ0n) is 10.1. The molecule has 2 rings (SSSR count). The number of nitro groups is 1. The molecule has 6 nitrogen and oxygen atoms in total. The van der Waals surface area contributed by atoms with Crippen LogP contribution in [0.1, 0.15) is 10.4 Å². The first-order valence-corrected chi connectivity index (χ1v) is 6.24. The molecule has 0 unspecified atom stereocenters. The molecule has 1 aromatic heterocycles. The molecule has 0 spiro atoms. The molecule has 1 heterocycles. The molecule has 0 atom stereocenters. The van der Waals surface area contributed by atoms with E-state index in [1.165, 1.54) is 12.1 Å². The molecule has 0 saturated carbocycles. The van der Waals surface area contributed by atoms with Gasteiger partial charge in [0.15, 0.2) is 5.82 Å². The van der Waals surface area contributed by atoms with Crippen LogP contribution >= 0.6 is 15.9 Å². The summed E-state index contributed by atoms with van der Waals surface area (Å²) in [5.74, 6) is -3.73. The highest BCUT2D eigenvalue weighted by molar-refractivity contribution is 9.10. The standard InChI is InChI=1S/C12H6BrF2N3O3/c13-8-2-1-6(5-9(8)18(20)21)17-12(19)7-3-4-16-11(15)10(7)14/h1-5H,(H,17,19). The van der Waals surface area contributed by atoms with E-state index in [9.17, 15) is 23.7 Å². The Morgan fingerprint density at radius 3 is 2.71 bits per heavy atom. The number of carbonyl (C=O) groups is 1. The molecule has 2 aromatic rings. The molecular formula is C12H6BrF2N3O3. The van der Waals surface area contributed by atoms with E-state index in [0.29, 0.717) is 0 Å². The molecule has 0 aliphatic rings. The third kappa shape index (κ3) is 3.19. The van der Waals surface area contributed by atoms with Crippen LogP contribution in [-0.2, 0) is 0 Å². The molecule has 0 aliphatic carbocycles. The highest BCUT2D eigenvalue weighted by Gasteiger charge is 2.18. The number of amides is 1. The van der Waals surface area contributed by atoms with Gasteiger partial charge in [0.05, 0.1) is 15.0 Å². The molecule has 21 heavy (non-hydrogen) atoms. The largest absolute Gasteiger partial charge is 0.322 e. The van der Waals surface area contributed by atoms with Gasteiger partial charge < -0.3 is 5.32 Å². The molecule has 9 heteroatoms. The fourth-order valence-corrected chi connectivity index (χ4v) is 1.91. The number of rotatable bonds is 3. The Bertz CT molecular complexity index is 740. The number of halogens is 3. The van der Waals surface area contributed by atoms with E-state index >= 15 is 0 Å². The number of nitrogens with one attached hydrogen (secondary N) is 1. The second-order valence-corrected chi connectivity index (χ2v) is 4.70. The number of carbonyl (C=O) groups excluding carboxylic acids is 1. The monoisotopic (exact) mass is 357 g/mol. The summed E-state index contributed by atoms with van der Waals surface area (Å²) in [4.78, 5) is 25.0. The Hall–Kier alpha value is -2.42. The van der Waals surface area contributed by atoms with Gasteiger partial charge in [-0.2, -0.15) is 4.39 Å². The van der Waals surface area contributed by atoms with Crippen LogP contribution in [0, 0.1) is 21.9 Å². The number of hydrogen-bond acceptors (Lipinski definition) is 4. The number of anilines is 1. The predicted molar refractivity (Wildman–Crippen MR) is 72.9 cm³/mol. The van der Waals surface area contributed by atoms with E-state index in [0.717, 1.165) is 18.3 Å². The minimum atomic E-state index is -1.40. The minimum absolute atomic E-state index is 0.0755. The molecule has 0 saturated heterocycles. The summed E-state index contributed by atoms with van der Waals surface area (Å²) in [6.45, 7) is 0. The summed E-state index contributed by atoms with van der Waals surface area (Å²) < 4.78 is 26.6. The Balaban J connectivity index is 2.30. The molecule has 0 aliphatic heterocycles. The van der Waals surface area contributed by atoms with Gasteiger partial charge in [0.25, 0.3) is 11.6 Å². The van der Waals surface area contributed by atoms with Crippen molar-refractivity contribution in [3.63, 3.8) is 0 Å². The molecule has 0 fully saturated rings. The van der Waals surface area contributed by atoms with Gasteiger partial charge in [0.1, 0.15) is 0 Å². The van der Waals surface area contributed by atoms with Crippen LogP contribution < -0.4 is 5.32 Å². The topological polar surface area (TPSA) is 85.1 Å². The van der Waals surface area contributed by atoms with Crippen molar-refractivity contribution < 1.29 is 18.5 Å². The van der Waals surface area contributed by atoms with E-state index in [1.807, 2.05) is 0 Å². The van der Waals surface area contributed by atoms with Crippen molar-refractivity contribution in [2.45, 2.75) is 0 Å². The Kier molecular flexibility index (Phi) is 4.22. The van der Waals surface area contributed by atoms with Gasteiger partial charge in [-0.05, 0) is 34.1 Å². The van der Waals surface area contributed by atoms with Gasteiger partial charge in [0.2, 0.25) is 5.95 Å². The van der Waals surface area contributed by atoms with Crippen molar-refractivity contribution in [2.75, 3.05) is 5.32 Å². The smallest absolute Gasteiger partial charge is 0.285 e. The second-order valence-electron chi connectivity index (χ2n) is 3.84. The van der Waals surface area contributed by atoms with Gasteiger partial charge in [-0.1, -0.05) is 0 Å². The molecule has 108 valence electrons. The van der Waals surface area contributed by atoms with Crippen LogP contribution in [-0.4, -0.2) is 15.8 Å². The van der Waals surface area contributed by atoms with Gasteiger partial charge in [-0.15, -0.1) is 0 Å². The number of hydrogen-bond donors (Lipinski definition) is 1. The highest BCUT2D eigenvalue weighted by Crippen LogP contribution is 2.28. The van der Waals surface area contributed by atoms with Crippen LogP contribution in [0.15, 0.2) is 34.9 Å². The van der Waals surface area contributed by atoms with Crippen LogP contribution in [0.5, 0.6) is 0 Å². The molecular weight excluding hydrogens is 352 g/mol.